The topological polar surface area (TPSA) is 156 Å². The number of carbonyl (C=O) groups is 1. The summed E-state index contributed by atoms with van der Waals surface area (Å²) in [6.07, 6.45) is -1.92. The lowest BCUT2D eigenvalue weighted by Gasteiger charge is -2.26. The van der Waals surface area contributed by atoms with Gasteiger partial charge in [0.1, 0.15) is 42.8 Å². The van der Waals surface area contributed by atoms with E-state index < -0.39 is 36.5 Å². The number of aromatic nitrogens is 3. The zero-order valence-electron chi connectivity index (χ0n) is 16.6. The first kappa shape index (κ1) is 21.0. The number of esters is 1. The molecule has 10 heteroatoms. The molecule has 2 aromatic heterocycles. The Hall–Kier alpha value is -2.74. The lowest BCUT2D eigenvalue weighted by atomic mass is 9.87. The van der Waals surface area contributed by atoms with E-state index in [9.17, 15) is 20.3 Å². The van der Waals surface area contributed by atoms with E-state index in [0.717, 1.165) is 6.42 Å². The number of fused-ring (bicyclic) bond motifs is 1. The monoisotopic (exact) mass is 403 g/mol. The molecule has 2 aromatic rings. The summed E-state index contributed by atoms with van der Waals surface area (Å²) in [7, 11) is 0. The molecule has 0 unspecified atom stereocenters. The number of anilines is 1. The van der Waals surface area contributed by atoms with Gasteiger partial charge in [0, 0.05) is 0 Å². The van der Waals surface area contributed by atoms with Crippen LogP contribution < -0.4 is 5.73 Å². The van der Waals surface area contributed by atoms with Crippen LogP contribution in [0.15, 0.2) is 18.5 Å². The zero-order chi connectivity index (χ0) is 21.4. The molecule has 1 aliphatic heterocycles. The highest BCUT2D eigenvalue weighted by Crippen LogP contribution is 2.41. The molecule has 29 heavy (non-hydrogen) atoms. The van der Waals surface area contributed by atoms with Crippen LogP contribution in [0.25, 0.3) is 5.52 Å². The quantitative estimate of drug-likeness (QED) is 0.592. The van der Waals surface area contributed by atoms with Crippen molar-refractivity contribution in [2.75, 3.05) is 12.3 Å². The first-order valence-electron chi connectivity index (χ1n) is 9.33. The van der Waals surface area contributed by atoms with Gasteiger partial charge in [-0.3, -0.25) is 4.79 Å². The molecule has 0 amide bonds. The third kappa shape index (κ3) is 3.76. The predicted molar refractivity (Wildman–Crippen MR) is 101 cm³/mol. The third-order valence-electron chi connectivity index (χ3n) is 5.47. The highest BCUT2D eigenvalue weighted by atomic mass is 16.6. The first-order chi connectivity index (χ1) is 13.6. The Kier molecular flexibility index (Phi) is 5.49. The van der Waals surface area contributed by atoms with E-state index in [-0.39, 0.29) is 17.7 Å². The Labute approximate surface area is 167 Å². The molecule has 0 aliphatic carbocycles. The van der Waals surface area contributed by atoms with Crippen LogP contribution in [-0.4, -0.2) is 55.2 Å². The van der Waals surface area contributed by atoms with Gasteiger partial charge in [-0.05, 0) is 17.5 Å². The van der Waals surface area contributed by atoms with Crippen LogP contribution in [0.1, 0.15) is 45.4 Å². The minimum absolute atomic E-state index is 0.159. The molecule has 0 bridgehead atoms. The van der Waals surface area contributed by atoms with E-state index in [2.05, 4.69) is 10.1 Å². The number of nitriles is 1. The summed E-state index contributed by atoms with van der Waals surface area (Å²) in [6.45, 7) is 5.32. The van der Waals surface area contributed by atoms with Crippen molar-refractivity contribution in [2.45, 2.75) is 57.5 Å². The van der Waals surface area contributed by atoms with Gasteiger partial charge in [0.15, 0.2) is 5.82 Å². The van der Waals surface area contributed by atoms with Gasteiger partial charge in [0.05, 0.1) is 12.1 Å². The summed E-state index contributed by atoms with van der Waals surface area (Å²) in [5.74, 6) is -0.271. The Morgan fingerprint density at radius 2 is 2.21 bits per heavy atom. The van der Waals surface area contributed by atoms with Gasteiger partial charge in [-0.1, -0.05) is 27.2 Å². The number of hydrogen-bond acceptors (Lipinski definition) is 9. The minimum Gasteiger partial charge on any atom is -0.461 e. The molecular weight excluding hydrogens is 378 g/mol. The van der Waals surface area contributed by atoms with E-state index >= 15 is 0 Å². The standard InChI is InChI=1S/C19H25N5O5/c1-4-18(2,3)7-13(25)28-9-19(8-20)16(27)14(26)15(29-19)11-5-6-12-17(21)22-10-23-24(11)12/h5-6,10,14-16,26-27H,4,7,9H2,1-3H3,(H2,21,22,23)/t14-,15-,16-,19+/m0/s1. The van der Waals surface area contributed by atoms with Crippen molar-refractivity contribution in [1.82, 2.24) is 14.6 Å². The molecule has 1 saturated heterocycles. The second kappa shape index (κ2) is 7.59. The second-order valence-electron chi connectivity index (χ2n) is 8.03. The van der Waals surface area contributed by atoms with Gasteiger partial charge in [-0.2, -0.15) is 10.4 Å². The largest absolute Gasteiger partial charge is 0.461 e. The molecule has 0 saturated carbocycles. The Bertz CT molecular complexity index is 952. The molecule has 0 radical (unpaired) electrons. The number of rotatable bonds is 6. The lowest BCUT2D eigenvalue weighted by molar-refractivity contribution is -0.157. The van der Waals surface area contributed by atoms with Gasteiger partial charge in [0.25, 0.3) is 0 Å². The van der Waals surface area contributed by atoms with E-state index in [1.807, 2.05) is 26.8 Å². The van der Waals surface area contributed by atoms with Crippen molar-refractivity contribution in [2.24, 2.45) is 5.41 Å². The maximum atomic E-state index is 12.2. The third-order valence-corrected chi connectivity index (χ3v) is 5.47. The molecule has 10 nitrogen and oxygen atoms in total. The van der Waals surface area contributed by atoms with Crippen LogP contribution >= 0.6 is 0 Å². The average Bonchev–Trinajstić information content (AvgIpc) is 3.22. The van der Waals surface area contributed by atoms with Crippen LogP contribution in [0, 0.1) is 16.7 Å². The summed E-state index contributed by atoms with van der Waals surface area (Å²) in [5, 5.41) is 34.9. The fourth-order valence-electron chi connectivity index (χ4n) is 3.23. The Morgan fingerprint density at radius 3 is 2.86 bits per heavy atom. The van der Waals surface area contributed by atoms with E-state index in [1.54, 1.807) is 12.1 Å². The number of ether oxygens (including phenoxy) is 2. The zero-order valence-corrected chi connectivity index (χ0v) is 16.6. The van der Waals surface area contributed by atoms with E-state index in [1.165, 1.54) is 10.8 Å². The molecule has 3 rings (SSSR count). The van der Waals surface area contributed by atoms with Gasteiger partial charge in [0.2, 0.25) is 5.60 Å². The van der Waals surface area contributed by atoms with E-state index in [0.29, 0.717) is 11.2 Å². The number of nitrogens with two attached hydrogens (primary N) is 1. The normalized spacial score (nSPS) is 27.1. The highest BCUT2D eigenvalue weighted by Gasteiger charge is 2.57. The van der Waals surface area contributed by atoms with Crippen LogP contribution in [0.5, 0.6) is 0 Å². The van der Waals surface area contributed by atoms with Gasteiger partial charge in [-0.15, -0.1) is 0 Å². The number of aliphatic hydroxyl groups is 2. The summed E-state index contributed by atoms with van der Waals surface area (Å²) in [4.78, 5) is 16.1. The van der Waals surface area contributed by atoms with Crippen molar-refractivity contribution in [3.05, 3.63) is 24.2 Å². The van der Waals surface area contributed by atoms with Crippen LogP contribution in [-0.2, 0) is 14.3 Å². The van der Waals surface area contributed by atoms with Crippen LogP contribution in [0.4, 0.5) is 5.82 Å². The molecule has 3 heterocycles. The average molecular weight is 403 g/mol. The number of carbonyl (C=O) groups excluding carboxylic acids is 1. The number of nitrogens with zero attached hydrogens (tertiary/aromatic N) is 4. The number of nitrogen functional groups attached to an aromatic ring is 1. The molecule has 1 fully saturated rings. The predicted octanol–water partition coefficient (Wildman–Crippen LogP) is 0.736. The van der Waals surface area contributed by atoms with Gasteiger partial charge < -0.3 is 25.4 Å². The van der Waals surface area contributed by atoms with Crippen LogP contribution in [0.2, 0.25) is 0 Å². The molecule has 156 valence electrons. The molecule has 1 aliphatic rings. The molecular formula is C19H25N5O5. The van der Waals surface area contributed by atoms with Gasteiger partial charge >= 0.3 is 5.97 Å². The summed E-state index contributed by atoms with van der Waals surface area (Å²) in [6, 6.07) is 5.13. The van der Waals surface area contributed by atoms with Crippen molar-refractivity contribution in [3.8, 4) is 6.07 Å². The smallest absolute Gasteiger partial charge is 0.306 e. The molecule has 0 aromatic carbocycles. The maximum absolute atomic E-state index is 12.2. The molecule has 4 atom stereocenters. The number of hydrogen-bond donors (Lipinski definition) is 3. The Balaban J connectivity index is 1.82. The van der Waals surface area contributed by atoms with Crippen molar-refractivity contribution in [1.29, 1.82) is 5.26 Å². The fraction of sp³-hybridized carbons (Fsp3) is 0.579. The molecule has 4 N–H and O–H groups in total. The summed E-state index contributed by atoms with van der Waals surface area (Å²) >= 11 is 0. The van der Waals surface area contributed by atoms with Crippen LogP contribution in [0.3, 0.4) is 0 Å². The molecule has 0 spiro atoms. The van der Waals surface area contributed by atoms with Gasteiger partial charge in [-0.25, -0.2) is 9.50 Å². The minimum atomic E-state index is -1.90. The van der Waals surface area contributed by atoms with E-state index in [4.69, 9.17) is 15.2 Å². The Morgan fingerprint density at radius 1 is 1.48 bits per heavy atom. The fourth-order valence-corrected chi connectivity index (χ4v) is 3.23. The number of aliphatic hydroxyl groups excluding tert-OH is 2. The van der Waals surface area contributed by atoms with Crippen molar-refractivity contribution < 1.29 is 24.5 Å². The SMILES string of the molecule is CCC(C)(C)CC(=O)OC[C@@]1(C#N)O[C@@H](c2ccc3c(N)ncnn23)[C@H](O)[C@@H]1O. The lowest BCUT2D eigenvalue weighted by Crippen LogP contribution is -2.46. The van der Waals surface area contributed by atoms with Crippen molar-refractivity contribution in [3.63, 3.8) is 0 Å². The summed E-state index contributed by atoms with van der Waals surface area (Å²) in [5.41, 5.74) is 4.54. The van der Waals surface area contributed by atoms with Crippen molar-refractivity contribution >= 4 is 17.3 Å². The first-order valence-corrected chi connectivity index (χ1v) is 9.33. The maximum Gasteiger partial charge on any atom is 0.306 e. The highest BCUT2D eigenvalue weighted by molar-refractivity contribution is 5.70. The second-order valence-corrected chi connectivity index (χ2v) is 8.03. The summed E-state index contributed by atoms with van der Waals surface area (Å²) < 4.78 is 12.4.